The van der Waals surface area contributed by atoms with Crippen LogP contribution in [0.2, 0.25) is 0 Å². The summed E-state index contributed by atoms with van der Waals surface area (Å²) in [4.78, 5) is 1.80. The lowest BCUT2D eigenvalue weighted by atomic mass is 9.48. The molecule has 0 aromatic heterocycles. The SMILES string of the molecule is [B]C([B])(Oc1ccc2c(c1)[C@]1(CCN(CCOC)C([B])([B])[B])CCCC[C@@H]1C=C2)C(F)F. The van der Waals surface area contributed by atoms with Gasteiger partial charge in [0.1, 0.15) is 21.4 Å². The van der Waals surface area contributed by atoms with Crippen molar-refractivity contribution in [3.63, 3.8) is 0 Å². The van der Waals surface area contributed by atoms with Crippen LogP contribution in [-0.4, -0.2) is 88.0 Å². The Bertz CT molecular complexity index is 818. The average Bonchev–Trinajstić information content (AvgIpc) is 2.72. The number of ether oxygens (including phenoxy) is 2. The van der Waals surface area contributed by atoms with Crippen LogP contribution in [0.3, 0.4) is 0 Å². The predicted octanol–water partition coefficient (Wildman–Crippen LogP) is 2.23. The van der Waals surface area contributed by atoms with Crippen molar-refractivity contribution in [2.24, 2.45) is 5.92 Å². The van der Waals surface area contributed by atoms with E-state index in [4.69, 9.17) is 48.7 Å². The van der Waals surface area contributed by atoms with Crippen LogP contribution in [0.15, 0.2) is 24.3 Å². The van der Waals surface area contributed by atoms with E-state index in [0.717, 1.165) is 43.2 Å². The third-order valence-electron chi connectivity index (χ3n) is 6.74. The maximum atomic E-state index is 13.2. The predicted molar refractivity (Wildman–Crippen MR) is 128 cm³/mol. The van der Waals surface area contributed by atoms with Gasteiger partial charge in [0.15, 0.2) is 0 Å². The molecule has 0 aliphatic heterocycles. The highest BCUT2D eigenvalue weighted by molar-refractivity contribution is 6.59. The third kappa shape index (κ3) is 5.49. The summed E-state index contributed by atoms with van der Waals surface area (Å²) in [6.45, 7) is 1.49. The maximum Gasteiger partial charge on any atom is 0.259 e. The molecule has 3 rings (SSSR count). The van der Waals surface area contributed by atoms with E-state index >= 15 is 0 Å². The van der Waals surface area contributed by atoms with Crippen molar-refractivity contribution in [3.8, 4) is 5.75 Å². The van der Waals surface area contributed by atoms with Gasteiger partial charge >= 0.3 is 0 Å². The van der Waals surface area contributed by atoms with Crippen LogP contribution in [0.25, 0.3) is 6.08 Å². The molecule has 0 heterocycles. The molecular formula is C22H26B5F2NO2. The fourth-order valence-electron chi connectivity index (χ4n) is 5.01. The highest BCUT2D eigenvalue weighted by atomic mass is 19.3. The van der Waals surface area contributed by atoms with Crippen LogP contribution >= 0.6 is 0 Å². The quantitative estimate of drug-likeness (QED) is 0.534. The van der Waals surface area contributed by atoms with Gasteiger partial charge in [-0.1, -0.05) is 36.3 Å². The van der Waals surface area contributed by atoms with Gasteiger partial charge in [0, 0.05) is 19.1 Å². The molecule has 0 bridgehead atoms. The van der Waals surface area contributed by atoms with Crippen LogP contribution in [0, 0.1) is 5.92 Å². The fourth-order valence-corrected chi connectivity index (χ4v) is 5.01. The topological polar surface area (TPSA) is 21.7 Å². The molecule has 2 aliphatic rings. The van der Waals surface area contributed by atoms with Gasteiger partial charge in [-0.05, 0) is 55.0 Å². The number of hydrogen-bond acceptors (Lipinski definition) is 3. The Balaban J connectivity index is 1.94. The maximum absolute atomic E-state index is 13.2. The zero-order chi connectivity index (χ0) is 23.6. The van der Waals surface area contributed by atoms with Crippen molar-refractivity contribution in [1.29, 1.82) is 0 Å². The van der Waals surface area contributed by atoms with Gasteiger partial charge in [-0.3, -0.25) is 0 Å². The van der Waals surface area contributed by atoms with E-state index in [1.165, 1.54) is 0 Å². The molecule has 10 heteroatoms. The van der Waals surface area contributed by atoms with Gasteiger partial charge < -0.3 is 14.4 Å². The standard InChI is InChI=1S/C22H26B5F2NO2/c1-31-13-12-30(22(25,26)27)11-10-20-9-3-2-4-16(20)7-5-15-6-8-17(14-18(15)20)32-21(23,24)19(28)29/h5-8,14,16,19H,2-4,9-13H2,1H3/t16-,20+/m1/s1. The first kappa shape index (κ1) is 25.5. The van der Waals surface area contributed by atoms with Gasteiger partial charge in [0.2, 0.25) is 0 Å². The van der Waals surface area contributed by atoms with Gasteiger partial charge in [-0.15, -0.1) is 0 Å². The molecule has 1 aromatic rings. The van der Waals surface area contributed by atoms with Gasteiger partial charge in [0.05, 0.1) is 35.5 Å². The average molecular weight is 429 g/mol. The number of methoxy groups -OCH3 is 1. The molecule has 0 N–H and O–H groups in total. The second kappa shape index (κ2) is 10.0. The molecule has 1 fully saturated rings. The Labute approximate surface area is 197 Å². The number of benzene rings is 1. The molecule has 2 aliphatic carbocycles. The lowest BCUT2D eigenvalue weighted by molar-refractivity contribution is 0.0311. The third-order valence-corrected chi connectivity index (χ3v) is 6.74. The summed E-state index contributed by atoms with van der Waals surface area (Å²) in [6.07, 6.45) is 6.20. The van der Waals surface area contributed by atoms with Crippen molar-refractivity contribution < 1.29 is 18.3 Å². The van der Waals surface area contributed by atoms with E-state index in [1.54, 1.807) is 24.1 Å². The fraction of sp³-hybridized carbons (Fsp3) is 0.636. The van der Waals surface area contributed by atoms with Crippen LogP contribution < -0.4 is 4.74 Å². The second-order valence-electron chi connectivity index (χ2n) is 8.99. The lowest BCUT2D eigenvalue weighted by Gasteiger charge is -2.49. The van der Waals surface area contributed by atoms with Crippen molar-refractivity contribution in [2.45, 2.75) is 54.6 Å². The summed E-state index contributed by atoms with van der Waals surface area (Å²) >= 11 is 0. The van der Waals surface area contributed by atoms with Crippen molar-refractivity contribution in [3.05, 3.63) is 35.4 Å². The summed E-state index contributed by atoms with van der Waals surface area (Å²) < 4.78 is 36.8. The molecule has 0 unspecified atom stereocenters. The molecule has 0 saturated heterocycles. The number of allylic oxidation sites excluding steroid dienone is 1. The number of rotatable bonds is 10. The molecule has 1 aromatic carbocycles. The Kier molecular flexibility index (Phi) is 7.97. The molecule has 160 valence electrons. The van der Waals surface area contributed by atoms with Crippen molar-refractivity contribution in [2.75, 3.05) is 26.8 Å². The van der Waals surface area contributed by atoms with Gasteiger partial charge in [-0.25, -0.2) is 8.78 Å². The summed E-state index contributed by atoms with van der Waals surface area (Å²) in [6, 6.07) is 5.28. The molecule has 0 amide bonds. The normalized spacial score (nSPS) is 23.2. The van der Waals surface area contributed by atoms with Crippen LogP contribution in [-0.2, 0) is 10.2 Å². The van der Waals surface area contributed by atoms with Gasteiger partial charge in [-0.2, -0.15) is 0 Å². The monoisotopic (exact) mass is 429 g/mol. The number of halogens is 2. The van der Waals surface area contributed by atoms with E-state index < -0.39 is 17.1 Å². The molecule has 10 radical (unpaired) electrons. The molecule has 32 heavy (non-hydrogen) atoms. The number of alkyl halides is 2. The smallest absolute Gasteiger partial charge is 0.259 e. The van der Waals surface area contributed by atoms with E-state index in [1.807, 2.05) is 6.07 Å². The molecule has 2 atom stereocenters. The van der Waals surface area contributed by atoms with E-state index in [0.29, 0.717) is 25.6 Å². The highest BCUT2D eigenvalue weighted by Crippen LogP contribution is 2.51. The van der Waals surface area contributed by atoms with E-state index in [-0.39, 0.29) is 11.2 Å². The minimum atomic E-state index is -3.03. The Morgan fingerprint density at radius 1 is 1.16 bits per heavy atom. The van der Waals surface area contributed by atoms with Gasteiger partial charge in [0.25, 0.3) is 6.43 Å². The highest BCUT2D eigenvalue weighted by Gasteiger charge is 2.44. The Morgan fingerprint density at radius 3 is 2.56 bits per heavy atom. The minimum Gasteiger partial charge on any atom is -0.501 e. The molecule has 0 spiro atoms. The molecular weight excluding hydrogens is 402 g/mol. The molecule has 1 saturated carbocycles. The van der Waals surface area contributed by atoms with Crippen molar-refractivity contribution >= 4 is 45.3 Å². The van der Waals surface area contributed by atoms with E-state index in [9.17, 15) is 8.78 Å². The van der Waals surface area contributed by atoms with Crippen molar-refractivity contribution in [1.82, 2.24) is 4.90 Å². The zero-order valence-electron chi connectivity index (χ0n) is 18.6. The molecule has 3 nitrogen and oxygen atoms in total. The summed E-state index contributed by atoms with van der Waals surface area (Å²) in [7, 11) is 30.6. The second-order valence-corrected chi connectivity index (χ2v) is 8.99. The first-order valence-corrected chi connectivity index (χ1v) is 11.0. The summed E-state index contributed by atoms with van der Waals surface area (Å²) in [5, 5.41) is -4.04. The summed E-state index contributed by atoms with van der Waals surface area (Å²) in [5.74, 6) is 0.511. The first-order valence-electron chi connectivity index (χ1n) is 11.0. The van der Waals surface area contributed by atoms with E-state index in [2.05, 4.69) is 12.2 Å². The largest absolute Gasteiger partial charge is 0.501 e. The van der Waals surface area contributed by atoms with Crippen LogP contribution in [0.1, 0.15) is 43.2 Å². The Morgan fingerprint density at radius 2 is 1.91 bits per heavy atom. The number of nitrogens with zero attached hydrogens (tertiary/aromatic N) is 1. The first-order chi connectivity index (χ1) is 15.0. The van der Waals surface area contributed by atoms with Crippen LogP contribution in [0.5, 0.6) is 5.75 Å². The Hall–Kier alpha value is -1.14. The number of hydrogen-bond donors (Lipinski definition) is 0. The number of fused-ring (bicyclic) bond motifs is 3. The zero-order valence-corrected chi connectivity index (χ0v) is 18.6. The summed E-state index contributed by atoms with van der Waals surface area (Å²) in [5.41, 5.74) is 1.83. The minimum absolute atomic E-state index is 0.218. The van der Waals surface area contributed by atoms with Crippen LogP contribution in [0.4, 0.5) is 8.78 Å². The lowest BCUT2D eigenvalue weighted by Crippen LogP contribution is -2.54.